The Kier molecular flexibility index (Phi) is 5.35. The number of amides is 1. The number of para-hydroxylation sites is 1. The second-order valence-corrected chi connectivity index (χ2v) is 5.05. The van der Waals surface area contributed by atoms with Crippen LogP contribution in [-0.4, -0.2) is 33.1 Å². The number of hydrogen-bond donors (Lipinski definition) is 2. The molecule has 1 aromatic carbocycles. The van der Waals surface area contributed by atoms with Crippen molar-refractivity contribution in [2.24, 2.45) is 0 Å². The van der Waals surface area contributed by atoms with Gasteiger partial charge in [-0.25, -0.2) is 9.59 Å². The predicted octanol–water partition coefficient (Wildman–Crippen LogP) is 2.46. The molecule has 7 heteroatoms. The highest BCUT2D eigenvalue weighted by atomic mass is 16.6. The van der Waals surface area contributed by atoms with Crippen LogP contribution in [0, 0.1) is 6.92 Å². The first kappa shape index (κ1) is 16.5. The zero-order valence-electron chi connectivity index (χ0n) is 13.0. The molecular formula is C16H19N3O4. The predicted molar refractivity (Wildman–Crippen MR) is 84.3 cm³/mol. The third kappa shape index (κ3) is 4.32. The van der Waals surface area contributed by atoms with Crippen molar-refractivity contribution in [1.29, 1.82) is 0 Å². The molecule has 23 heavy (non-hydrogen) atoms. The molecule has 0 spiro atoms. The summed E-state index contributed by atoms with van der Waals surface area (Å²) in [6.07, 6.45) is 1.76. The summed E-state index contributed by atoms with van der Waals surface area (Å²) in [5.41, 5.74) is 2.50. The lowest BCUT2D eigenvalue weighted by molar-refractivity contribution is -0.147. The largest absolute Gasteiger partial charge is 0.478 e. The SMILES string of the molecule is CCc1cccc(C)c1NC(=O)OC(Cn1cccn1)C(=O)O. The number of carboxylic acid groups (broad SMARTS) is 1. The Hall–Kier alpha value is -2.83. The van der Waals surface area contributed by atoms with Crippen LogP contribution in [0.4, 0.5) is 10.5 Å². The van der Waals surface area contributed by atoms with Gasteiger partial charge in [-0.1, -0.05) is 25.1 Å². The molecule has 0 fully saturated rings. The Bertz CT molecular complexity index is 683. The summed E-state index contributed by atoms with van der Waals surface area (Å²) in [5, 5.41) is 15.7. The molecule has 2 aromatic rings. The molecule has 2 rings (SSSR count). The van der Waals surface area contributed by atoms with Gasteiger partial charge in [0.2, 0.25) is 6.10 Å². The molecule has 0 aliphatic rings. The molecule has 1 aromatic heterocycles. The van der Waals surface area contributed by atoms with Crippen LogP contribution in [0.15, 0.2) is 36.7 Å². The average Bonchev–Trinajstić information content (AvgIpc) is 3.01. The summed E-state index contributed by atoms with van der Waals surface area (Å²) in [5.74, 6) is -1.23. The van der Waals surface area contributed by atoms with Gasteiger partial charge in [0.05, 0.1) is 12.2 Å². The van der Waals surface area contributed by atoms with E-state index < -0.39 is 18.2 Å². The van der Waals surface area contributed by atoms with E-state index in [1.807, 2.05) is 32.0 Å². The minimum atomic E-state index is -1.32. The average molecular weight is 317 g/mol. The molecule has 122 valence electrons. The fraction of sp³-hybridized carbons (Fsp3) is 0.312. The van der Waals surface area contributed by atoms with E-state index in [0.717, 1.165) is 17.5 Å². The van der Waals surface area contributed by atoms with Crippen LogP contribution in [-0.2, 0) is 22.5 Å². The quantitative estimate of drug-likeness (QED) is 0.853. The Morgan fingerprint density at radius 3 is 2.78 bits per heavy atom. The van der Waals surface area contributed by atoms with Gasteiger partial charge in [-0.2, -0.15) is 5.10 Å². The zero-order chi connectivity index (χ0) is 16.8. The Morgan fingerprint density at radius 1 is 1.39 bits per heavy atom. The van der Waals surface area contributed by atoms with Crippen LogP contribution < -0.4 is 5.32 Å². The number of aryl methyl sites for hydroxylation is 2. The van der Waals surface area contributed by atoms with Crippen molar-refractivity contribution in [1.82, 2.24) is 9.78 Å². The van der Waals surface area contributed by atoms with Crippen molar-refractivity contribution >= 4 is 17.7 Å². The minimum Gasteiger partial charge on any atom is -0.478 e. The van der Waals surface area contributed by atoms with Gasteiger partial charge in [0, 0.05) is 12.4 Å². The summed E-state index contributed by atoms with van der Waals surface area (Å²) < 4.78 is 6.43. The summed E-state index contributed by atoms with van der Waals surface area (Å²) in [7, 11) is 0. The Balaban J connectivity index is 2.06. The molecule has 1 atom stereocenters. The van der Waals surface area contributed by atoms with E-state index in [1.165, 1.54) is 10.9 Å². The Labute approximate surface area is 133 Å². The maximum absolute atomic E-state index is 12.0. The maximum atomic E-state index is 12.0. The number of benzene rings is 1. The van der Waals surface area contributed by atoms with E-state index in [1.54, 1.807) is 12.3 Å². The van der Waals surface area contributed by atoms with Crippen LogP contribution in [0.3, 0.4) is 0 Å². The second kappa shape index (κ2) is 7.44. The van der Waals surface area contributed by atoms with E-state index in [2.05, 4.69) is 10.4 Å². The molecule has 2 N–H and O–H groups in total. The standard InChI is InChI=1S/C16H19N3O4/c1-3-12-7-4-6-11(2)14(12)18-16(22)23-13(15(20)21)10-19-9-5-8-17-19/h4-9,13H,3,10H2,1-2H3,(H,18,22)(H,20,21). The molecule has 0 aliphatic heterocycles. The summed E-state index contributed by atoms with van der Waals surface area (Å²) >= 11 is 0. The van der Waals surface area contributed by atoms with Crippen LogP contribution in [0.1, 0.15) is 18.1 Å². The molecule has 0 radical (unpaired) electrons. The lowest BCUT2D eigenvalue weighted by Crippen LogP contribution is -2.33. The number of aromatic nitrogens is 2. The zero-order valence-corrected chi connectivity index (χ0v) is 13.0. The topological polar surface area (TPSA) is 93.5 Å². The van der Waals surface area contributed by atoms with Gasteiger partial charge in [-0.05, 0) is 30.5 Å². The molecule has 1 unspecified atom stereocenters. The minimum absolute atomic E-state index is 0.0514. The smallest absolute Gasteiger partial charge is 0.412 e. The molecular weight excluding hydrogens is 298 g/mol. The molecule has 0 aliphatic carbocycles. The van der Waals surface area contributed by atoms with Gasteiger partial charge >= 0.3 is 12.1 Å². The van der Waals surface area contributed by atoms with Crippen molar-refractivity contribution in [3.63, 3.8) is 0 Å². The number of carbonyl (C=O) groups excluding carboxylic acids is 1. The molecule has 0 saturated heterocycles. The summed E-state index contributed by atoms with van der Waals surface area (Å²) in [4.78, 5) is 23.3. The highest BCUT2D eigenvalue weighted by molar-refractivity contribution is 5.88. The van der Waals surface area contributed by atoms with E-state index in [-0.39, 0.29) is 6.54 Å². The number of hydrogen-bond acceptors (Lipinski definition) is 4. The molecule has 7 nitrogen and oxygen atoms in total. The number of anilines is 1. The second-order valence-electron chi connectivity index (χ2n) is 5.05. The van der Waals surface area contributed by atoms with E-state index in [9.17, 15) is 14.7 Å². The number of nitrogens with zero attached hydrogens (tertiary/aromatic N) is 2. The summed E-state index contributed by atoms with van der Waals surface area (Å²) in [6, 6.07) is 7.34. The highest BCUT2D eigenvalue weighted by Gasteiger charge is 2.23. The van der Waals surface area contributed by atoms with Crippen LogP contribution in [0.5, 0.6) is 0 Å². The monoisotopic (exact) mass is 317 g/mol. The highest BCUT2D eigenvalue weighted by Crippen LogP contribution is 2.21. The van der Waals surface area contributed by atoms with Crippen LogP contribution in [0.2, 0.25) is 0 Å². The number of rotatable bonds is 6. The van der Waals surface area contributed by atoms with Crippen LogP contribution >= 0.6 is 0 Å². The van der Waals surface area contributed by atoms with E-state index >= 15 is 0 Å². The van der Waals surface area contributed by atoms with Gasteiger partial charge in [0.25, 0.3) is 0 Å². The van der Waals surface area contributed by atoms with Crippen molar-refractivity contribution in [2.45, 2.75) is 32.9 Å². The molecule has 1 heterocycles. The number of carboxylic acids is 1. The third-order valence-electron chi connectivity index (χ3n) is 3.40. The summed E-state index contributed by atoms with van der Waals surface area (Å²) in [6.45, 7) is 3.79. The first-order valence-electron chi connectivity index (χ1n) is 7.27. The van der Waals surface area contributed by atoms with Gasteiger partial charge < -0.3 is 9.84 Å². The fourth-order valence-corrected chi connectivity index (χ4v) is 2.21. The van der Waals surface area contributed by atoms with Crippen molar-refractivity contribution in [3.8, 4) is 0 Å². The molecule has 1 amide bonds. The first-order valence-corrected chi connectivity index (χ1v) is 7.27. The number of ether oxygens (including phenoxy) is 1. The number of aliphatic carboxylic acids is 1. The maximum Gasteiger partial charge on any atom is 0.412 e. The van der Waals surface area contributed by atoms with Gasteiger partial charge in [0.15, 0.2) is 0 Å². The van der Waals surface area contributed by atoms with Gasteiger partial charge in [-0.3, -0.25) is 10.00 Å². The molecule has 0 saturated carbocycles. The molecule has 0 bridgehead atoms. The third-order valence-corrected chi connectivity index (χ3v) is 3.40. The van der Waals surface area contributed by atoms with Gasteiger partial charge in [-0.15, -0.1) is 0 Å². The fourth-order valence-electron chi connectivity index (χ4n) is 2.21. The van der Waals surface area contributed by atoms with Gasteiger partial charge in [0.1, 0.15) is 0 Å². The van der Waals surface area contributed by atoms with Crippen molar-refractivity contribution in [2.75, 3.05) is 5.32 Å². The lowest BCUT2D eigenvalue weighted by atomic mass is 10.1. The van der Waals surface area contributed by atoms with Crippen molar-refractivity contribution in [3.05, 3.63) is 47.8 Å². The van der Waals surface area contributed by atoms with Crippen LogP contribution in [0.25, 0.3) is 0 Å². The number of carbonyl (C=O) groups is 2. The van der Waals surface area contributed by atoms with E-state index in [0.29, 0.717) is 5.69 Å². The Morgan fingerprint density at radius 2 is 2.17 bits per heavy atom. The first-order chi connectivity index (χ1) is 11.0. The van der Waals surface area contributed by atoms with Crippen molar-refractivity contribution < 1.29 is 19.4 Å². The lowest BCUT2D eigenvalue weighted by Gasteiger charge is -2.17. The van der Waals surface area contributed by atoms with E-state index in [4.69, 9.17) is 4.74 Å². The normalized spacial score (nSPS) is 11.7. The number of nitrogens with one attached hydrogen (secondary N) is 1.